The molecule has 0 radical (unpaired) electrons. The number of hydrogen-bond donors (Lipinski definition) is 0. The van der Waals surface area contributed by atoms with Gasteiger partial charge in [-0.15, -0.1) is 0 Å². The molecule has 1 aromatic carbocycles. The SMILES string of the molecule is COC(=O)C(C)c1ccc(F)c(F)c1F. The van der Waals surface area contributed by atoms with Gasteiger partial charge in [-0.3, -0.25) is 4.79 Å². The molecule has 1 unspecified atom stereocenters. The third-order valence-electron chi connectivity index (χ3n) is 2.09. The Morgan fingerprint density at radius 1 is 1.27 bits per heavy atom. The van der Waals surface area contributed by atoms with Crippen molar-refractivity contribution in [1.82, 2.24) is 0 Å². The van der Waals surface area contributed by atoms with Crippen molar-refractivity contribution in [2.75, 3.05) is 7.11 Å². The Labute approximate surface area is 84.7 Å². The topological polar surface area (TPSA) is 26.3 Å². The highest BCUT2D eigenvalue weighted by Crippen LogP contribution is 2.23. The number of carbonyl (C=O) groups excluding carboxylic acids is 1. The van der Waals surface area contributed by atoms with Gasteiger partial charge in [0.1, 0.15) is 0 Å². The zero-order valence-electron chi connectivity index (χ0n) is 8.18. The zero-order chi connectivity index (χ0) is 11.6. The molecule has 0 amide bonds. The van der Waals surface area contributed by atoms with Crippen LogP contribution in [0.15, 0.2) is 12.1 Å². The molecule has 82 valence electrons. The molecule has 1 rings (SSSR count). The van der Waals surface area contributed by atoms with Crippen LogP contribution in [-0.4, -0.2) is 13.1 Å². The molecule has 1 atom stereocenters. The summed E-state index contributed by atoms with van der Waals surface area (Å²) in [5.41, 5.74) is -0.222. The van der Waals surface area contributed by atoms with Crippen molar-refractivity contribution >= 4 is 5.97 Å². The molecule has 0 aliphatic rings. The fraction of sp³-hybridized carbons (Fsp3) is 0.300. The molecule has 0 spiro atoms. The Kier molecular flexibility index (Phi) is 3.34. The summed E-state index contributed by atoms with van der Waals surface area (Å²) in [4.78, 5) is 11.1. The second-order valence-electron chi connectivity index (χ2n) is 3.01. The van der Waals surface area contributed by atoms with Crippen molar-refractivity contribution in [3.8, 4) is 0 Å². The highest BCUT2D eigenvalue weighted by Gasteiger charge is 2.23. The van der Waals surface area contributed by atoms with Crippen molar-refractivity contribution in [2.24, 2.45) is 0 Å². The molecule has 0 fully saturated rings. The third-order valence-corrected chi connectivity index (χ3v) is 2.09. The molecule has 0 aliphatic heterocycles. The normalized spacial score (nSPS) is 12.3. The number of halogens is 3. The molecular formula is C10H9F3O2. The first-order chi connectivity index (χ1) is 6.99. The number of methoxy groups -OCH3 is 1. The lowest BCUT2D eigenvalue weighted by Gasteiger charge is -2.10. The maximum Gasteiger partial charge on any atom is 0.312 e. The van der Waals surface area contributed by atoms with E-state index in [1.54, 1.807) is 0 Å². The standard InChI is InChI=1S/C10H9F3O2/c1-5(10(14)15-2)6-3-4-7(11)9(13)8(6)12/h3-5H,1-2H3. The van der Waals surface area contributed by atoms with Crippen molar-refractivity contribution in [2.45, 2.75) is 12.8 Å². The Bertz CT molecular complexity index is 390. The molecule has 0 N–H and O–H groups in total. The van der Waals surface area contributed by atoms with Gasteiger partial charge >= 0.3 is 5.97 Å². The predicted molar refractivity (Wildman–Crippen MR) is 46.7 cm³/mol. The summed E-state index contributed by atoms with van der Waals surface area (Å²) >= 11 is 0. The summed E-state index contributed by atoms with van der Waals surface area (Å²) in [6.45, 7) is 1.35. The highest BCUT2D eigenvalue weighted by atomic mass is 19.2. The first kappa shape index (κ1) is 11.6. The van der Waals surface area contributed by atoms with E-state index in [9.17, 15) is 18.0 Å². The number of ether oxygens (including phenoxy) is 1. The third kappa shape index (κ3) is 2.11. The first-order valence-corrected chi connectivity index (χ1v) is 4.20. The van der Waals surface area contributed by atoms with Gasteiger partial charge in [-0.1, -0.05) is 6.07 Å². The van der Waals surface area contributed by atoms with E-state index >= 15 is 0 Å². The molecule has 5 heteroatoms. The monoisotopic (exact) mass is 218 g/mol. The summed E-state index contributed by atoms with van der Waals surface area (Å²) in [7, 11) is 1.14. The number of carbonyl (C=O) groups is 1. The average molecular weight is 218 g/mol. The van der Waals surface area contributed by atoms with Gasteiger partial charge in [0.15, 0.2) is 17.5 Å². The molecule has 0 saturated heterocycles. The number of rotatable bonds is 2. The van der Waals surface area contributed by atoms with Crippen LogP contribution in [0.4, 0.5) is 13.2 Å². The van der Waals surface area contributed by atoms with E-state index in [0.29, 0.717) is 0 Å². The number of esters is 1. The van der Waals surface area contributed by atoms with Crippen molar-refractivity contribution in [3.63, 3.8) is 0 Å². The predicted octanol–water partition coefficient (Wildman–Crippen LogP) is 2.38. The van der Waals surface area contributed by atoms with Gasteiger partial charge in [0.2, 0.25) is 0 Å². The van der Waals surface area contributed by atoms with Crippen LogP contribution in [-0.2, 0) is 9.53 Å². The van der Waals surface area contributed by atoms with Crippen LogP contribution in [0, 0.1) is 17.5 Å². The van der Waals surface area contributed by atoms with E-state index in [-0.39, 0.29) is 5.56 Å². The van der Waals surface area contributed by atoms with E-state index in [4.69, 9.17) is 0 Å². The van der Waals surface area contributed by atoms with E-state index < -0.39 is 29.3 Å². The Morgan fingerprint density at radius 2 is 1.87 bits per heavy atom. The number of benzene rings is 1. The van der Waals surface area contributed by atoms with Crippen LogP contribution < -0.4 is 0 Å². The largest absolute Gasteiger partial charge is 0.469 e. The minimum atomic E-state index is -1.58. The maximum absolute atomic E-state index is 13.2. The second-order valence-corrected chi connectivity index (χ2v) is 3.01. The van der Waals surface area contributed by atoms with Gasteiger partial charge in [0.25, 0.3) is 0 Å². The number of hydrogen-bond acceptors (Lipinski definition) is 2. The molecule has 0 saturated carbocycles. The summed E-state index contributed by atoms with van der Waals surface area (Å²) < 4.78 is 42.9. The minimum absolute atomic E-state index is 0.222. The molecule has 1 aromatic rings. The molecule has 0 aromatic heterocycles. The summed E-state index contributed by atoms with van der Waals surface area (Å²) in [6.07, 6.45) is 0. The molecule has 0 aliphatic carbocycles. The van der Waals surface area contributed by atoms with Gasteiger partial charge in [-0.25, -0.2) is 13.2 Å². The maximum atomic E-state index is 13.2. The van der Waals surface area contributed by atoms with Gasteiger partial charge in [0, 0.05) is 5.56 Å². The lowest BCUT2D eigenvalue weighted by molar-refractivity contribution is -0.142. The summed E-state index contributed by atoms with van der Waals surface area (Å²) in [5, 5.41) is 0. The minimum Gasteiger partial charge on any atom is -0.469 e. The van der Waals surface area contributed by atoms with Crippen LogP contribution in [0.1, 0.15) is 18.4 Å². The second kappa shape index (κ2) is 4.33. The molecule has 0 heterocycles. The molecule has 2 nitrogen and oxygen atoms in total. The average Bonchev–Trinajstić information content (AvgIpc) is 2.24. The first-order valence-electron chi connectivity index (χ1n) is 4.20. The van der Waals surface area contributed by atoms with Gasteiger partial charge in [0.05, 0.1) is 13.0 Å². The molecular weight excluding hydrogens is 209 g/mol. The van der Waals surface area contributed by atoms with E-state index in [1.165, 1.54) is 6.92 Å². The lowest BCUT2D eigenvalue weighted by Crippen LogP contribution is -2.13. The van der Waals surface area contributed by atoms with Crippen LogP contribution >= 0.6 is 0 Å². The van der Waals surface area contributed by atoms with Crippen LogP contribution in [0.2, 0.25) is 0 Å². The lowest BCUT2D eigenvalue weighted by atomic mass is 10.0. The van der Waals surface area contributed by atoms with Crippen LogP contribution in [0.25, 0.3) is 0 Å². The van der Waals surface area contributed by atoms with E-state index in [2.05, 4.69) is 4.74 Å². The smallest absolute Gasteiger partial charge is 0.312 e. The quantitative estimate of drug-likeness (QED) is 0.562. The fourth-order valence-electron chi connectivity index (χ4n) is 1.18. The van der Waals surface area contributed by atoms with E-state index in [1.807, 2.05) is 0 Å². The fourth-order valence-corrected chi connectivity index (χ4v) is 1.18. The van der Waals surface area contributed by atoms with E-state index in [0.717, 1.165) is 19.2 Å². The summed E-state index contributed by atoms with van der Waals surface area (Å²) in [6, 6.07) is 1.79. The van der Waals surface area contributed by atoms with Crippen LogP contribution in [0.5, 0.6) is 0 Å². The van der Waals surface area contributed by atoms with Crippen molar-refractivity contribution in [1.29, 1.82) is 0 Å². The van der Waals surface area contributed by atoms with Gasteiger partial charge in [-0.05, 0) is 13.0 Å². The Morgan fingerprint density at radius 3 is 2.40 bits per heavy atom. The Hall–Kier alpha value is -1.52. The van der Waals surface area contributed by atoms with Gasteiger partial charge in [-0.2, -0.15) is 0 Å². The van der Waals surface area contributed by atoms with Crippen molar-refractivity contribution < 1.29 is 22.7 Å². The highest BCUT2D eigenvalue weighted by molar-refractivity contribution is 5.77. The Balaban J connectivity index is 3.16. The van der Waals surface area contributed by atoms with Crippen molar-refractivity contribution in [3.05, 3.63) is 35.1 Å². The zero-order valence-corrected chi connectivity index (χ0v) is 8.18. The van der Waals surface area contributed by atoms with Crippen LogP contribution in [0.3, 0.4) is 0 Å². The summed E-state index contributed by atoms with van der Waals surface area (Å²) in [5.74, 6) is -5.89. The molecule has 0 bridgehead atoms. The molecule has 15 heavy (non-hydrogen) atoms. The van der Waals surface area contributed by atoms with Gasteiger partial charge < -0.3 is 4.74 Å².